The van der Waals surface area contributed by atoms with Crippen LogP contribution in [-0.2, 0) is 6.54 Å². The first-order chi connectivity index (χ1) is 5.69. The first kappa shape index (κ1) is 9.17. The molecule has 0 spiro atoms. The second kappa shape index (κ2) is 3.65. The number of benzene rings is 1. The van der Waals surface area contributed by atoms with Gasteiger partial charge in [0.1, 0.15) is 11.9 Å². The first-order valence-corrected chi connectivity index (χ1v) is 4.06. The first-order valence-electron chi connectivity index (χ1n) is 3.27. The summed E-state index contributed by atoms with van der Waals surface area (Å²) in [4.78, 5) is 0. The third kappa shape index (κ3) is 1.63. The number of hydrogen-bond acceptors (Lipinski definition) is 2. The minimum absolute atomic E-state index is 0.215. The van der Waals surface area contributed by atoms with Gasteiger partial charge in [0.05, 0.1) is 5.56 Å². The van der Waals surface area contributed by atoms with E-state index in [4.69, 9.17) is 11.0 Å². The maximum Gasteiger partial charge on any atom is 0.124 e. The van der Waals surface area contributed by atoms with E-state index in [0.29, 0.717) is 10.0 Å². The van der Waals surface area contributed by atoms with E-state index >= 15 is 0 Å². The lowest BCUT2D eigenvalue weighted by Crippen LogP contribution is -1.99. The maximum absolute atomic E-state index is 12.8. The molecule has 12 heavy (non-hydrogen) atoms. The minimum Gasteiger partial charge on any atom is -0.326 e. The van der Waals surface area contributed by atoms with Crippen molar-refractivity contribution in [3.8, 4) is 6.07 Å². The fourth-order valence-corrected chi connectivity index (χ4v) is 1.36. The molecule has 0 unspecified atom stereocenters. The van der Waals surface area contributed by atoms with E-state index in [1.807, 2.05) is 6.07 Å². The van der Waals surface area contributed by atoms with Gasteiger partial charge in [-0.2, -0.15) is 5.26 Å². The summed E-state index contributed by atoms with van der Waals surface area (Å²) in [6, 6.07) is 4.35. The van der Waals surface area contributed by atoms with Crippen molar-refractivity contribution in [3.05, 3.63) is 33.5 Å². The Labute approximate surface area is 77.9 Å². The molecule has 4 heteroatoms. The normalized spacial score (nSPS) is 9.50. The van der Waals surface area contributed by atoms with Crippen LogP contribution in [0, 0.1) is 17.1 Å². The molecular formula is C8H6BrFN2. The van der Waals surface area contributed by atoms with Crippen LogP contribution in [0.15, 0.2) is 16.6 Å². The van der Waals surface area contributed by atoms with Gasteiger partial charge in [-0.15, -0.1) is 0 Å². The highest BCUT2D eigenvalue weighted by Gasteiger charge is 2.06. The van der Waals surface area contributed by atoms with Gasteiger partial charge in [0.2, 0.25) is 0 Å². The molecule has 0 amide bonds. The van der Waals surface area contributed by atoms with Crippen LogP contribution >= 0.6 is 15.9 Å². The van der Waals surface area contributed by atoms with Gasteiger partial charge in [-0.1, -0.05) is 0 Å². The molecule has 1 aromatic rings. The molecule has 0 aliphatic rings. The van der Waals surface area contributed by atoms with Crippen molar-refractivity contribution in [3.63, 3.8) is 0 Å². The summed E-state index contributed by atoms with van der Waals surface area (Å²) in [5.74, 6) is -0.435. The van der Waals surface area contributed by atoms with Crippen molar-refractivity contribution in [2.45, 2.75) is 6.54 Å². The number of nitrogens with two attached hydrogens (primary N) is 1. The number of nitriles is 1. The van der Waals surface area contributed by atoms with E-state index in [1.54, 1.807) is 0 Å². The van der Waals surface area contributed by atoms with Crippen molar-refractivity contribution in [1.82, 2.24) is 0 Å². The fraction of sp³-hybridized carbons (Fsp3) is 0.125. The molecule has 62 valence electrons. The topological polar surface area (TPSA) is 49.8 Å². The molecule has 0 saturated carbocycles. The van der Waals surface area contributed by atoms with Gasteiger partial charge in [0.15, 0.2) is 0 Å². The molecule has 0 heterocycles. The molecule has 1 rings (SSSR count). The Kier molecular flexibility index (Phi) is 2.79. The molecule has 1 aromatic carbocycles. The van der Waals surface area contributed by atoms with Crippen molar-refractivity contribution in [2.24, 2.45) is 5.73 Å². The highest BCUT2D eigenvalue weighted by molar-refractivity contribution is 9.10. The standard InChI is InChI=1S/C8H6BrFN2/c9-8-5(3-11)1-7(10)2-6(8)4-12/h1-2H,3,11H2. The molecule has 0 radical (unpaired) electrons. The van der Waals surface area contributed by atoms with Crippen LogP contribution in [0.3, 0.4) is 0 Å². The predicted octanol–water partition coefficient (Wildman–Crippen LogP) is 1.92. The number of halogens is 2. The Hall–Kier alpha value is -0.920. The van der Waals surface area contributed by atoms with Crippen LogP contribution in [-0.4, -0.2) is 0 Å². The highest BCUT2D eigenvalue weighted by Crippen LogP contribution is 2.22. The maximum atomic E-state index is 12.8. The minimum atomic E-state index is -0.435. The van der Waals surface area contributed by atoms with E-state index in [-0.39, 0.29) is 12.1 Å². The average molecular weight is 229 g/mol. The zero-order chi connectivity index (χ0) is 9.14. The Balaban J connectivity index is 3.34. The molecule has 0 fully saturated rings. The van der Waals surface area contributed by atoms with Gasteiger partial charge in [-0.05, 0) is 33.6 Å². The van der Waals surface area contributed by atoms with E-state index in [1.165, 1.54) is 12.1 Å². The zero-order valence-electron chi connectivity index (χ0n) is 6.14. The molecule has 0 saturated heterocycles. The van der Waals surface area contributed by atoms with Crippen LogP contribution < -0.4 is 5.73 Å². The summed E-state index contributed by atoms with van der Waals surface area (Å²) in [5.41, 5.74) is 6.21. The summed E-state index contributed by atoms with van der Waals surface area (Å²) < 4.78 is 13.3. The van der Waals surface area contributed by atoms with Gasteiger partial charge in [0, 0.05) is 11.0 Å². The monoisotopic (exact) mass is 228 g/mol. The molecule has 2 nitrogen and oxygen atoms in total. The highest BCUT2D eigenvalue weighted by atomic mass is 79.9. The molecular weight excluding hydrogens is 223 g/mol. The van der Waals surface area contributed by atoms with Crippen molar-refractivity contribution < 1.29 is 4.39 Å². The Bertz CT molecular complexity index is 344. The third-order valence-corrected chi connectivity index (χ3v) is 2.39. The Morgan fingerprint density at radius 1 is 1.58 bits per heavy atom. The lowest BCUT2D eigenvalue weighted by atomic mass is 10.1. The van der Waals surface area contributed by atoms with Crippen LogP contribution in [0.2, 0.25) is 0 Å². The molecule has 0 atom stereocenters. The van der Waals surface area contributed by atoms with Gasteiger partial charge in [-0.25, -0.2) is 4.39 Å². The third-order valence-electron chi connectivity index (χ3n) is 1.45. The van der Waals surface area contributed by atoms with Crippen LogP contribution in [0.5, 0.6) is 0 Å². The lowest BCUT2D eigenvalue weighted by molar-refractivity contribution is 0.624. The van der Waals surface area contributed by atoms with Gasteiger partial charge < -0.3 is 5.73 Å². The molecule has 0 aliphatic carbocycles. The number of hydrogen-bond donors (Lipinski definition) is 1. The summed E-state index contributed by atoms with van der Waals surface area (Å²) in [6.45, 7) is 0.215. The van der Waals surface area contributed by atoms with Crippen LogP contribution in [0.4, 0.5) is 4.39 Å². The smallest absolute Gasteiger partial charge is 0.124 e. The van der Waals surface area contributed by atoms with Gasteiger partial charge in [0.25, 0.3) is 0 Å². The SMILES string of the molecule is N#Cc1cc(F)cc(CN)c1Br. The molecule has 0 aromatic heterocycles. The lowest BCUT2D eigenvalue weighted by Gasteiger charge is -2.02. The largest absolute Gasteiger partial charge is 0.326 e. The summed E-state index contributed by atoms with van der Waals surface area (Å²) in [5, 5.41) is 8.58. The number of rotatable bonds is 1. The van der Waals surface area contributed by atoms with E-state index in [2.05, 4.69) is 15.9 Å². The fourth-order valence-electron chi connectivity index (χ4n) is 0.876. The summed E-state index contributed by atoms with van der Waals surface area (Å²) >= 11 is 3.17. The average Bonchev–Trinajstić information content (AvgIpc) is 2.08. The molecule has 0 aliphatic heterocycles. The van der Waals surface area contributed by atoms with Gasteiger partial charge in [-0.3, -0.25) is 0 Å². The summed E-state index contributed by atoms with van der Waals surface area (Å²) in [7, 11) is 0. The Morgan fingerprint density at radius 2 is 2.25 bits per heavy atom. The Morgan fingerprint density at radius 3 is 2.75 bits per heavy atom. The second-order valence-corrected chi connectivity index (χ2v) is 3.04. The van der Waals surface area contributed by atoms with Crippen molar-refractivity contribution >= 4 is 15.9 Å². The number of nitrogens with zero attached hydrogens (tertiary/aromatic N) is 1. The predicted molar refractivity (Wildman–Crippen MR) is 46.7 cm³/mol. The second-order valence-electron chi connectivity index (χ2n) is 2.24. The van der Waals surface area contributed by atoms with Crippen molar-refractivity contribution in [1.29, 1.82) is 5.26 Å². The van der Waals surface area contributed by atoms with E-state index in [9.17, 15) is 4.39 Å². The molecule has 2 N–H and O–H groups in total. The van der Waals surface area contributed by atoms with Gasteiger partial charge >= 0.3 is 0 Å². The summed E-state index contributed by atoms with van der Waals surface area (Å²) in [6.07, 6.45) is 0. The molecule has 0 bridgehead atoms. The zero-order valence-corrected chi connectivity index (χ0v) is 7.73. The van der Waals surface area contributed by atoms with E-state index < -0.39 is 5.82 Å². The van der Waals surface area contributed by atoms with Crippen LogP contribution in [0.25, 0.3) is 0 Å². The van der Waals surface area contributed by atoms with E-state index in [0.717, 1.165) is 0 Å². The van der Waals surface area contributed by atoms with Crippen LogP contribution in [0.1, 0.15) is 11.1 Å². The quantitative estimate of drug-likeness (QED) is 0.799. The van der Waals surface area contributed by atoms with Crippen molar-refractivity contribution in [2.75, 3.05) is 0 Å².